The number of carbonyl (C=O) groups is 1. The normalized spacial score (nSPS) is 15.5. The predicted octanol–water partition coefficient (Wildman–Crippen LogP) is 3.94. The highest BCUT2D eigenvalue weighted by atomic mass is 79.9. The van der Waals surface area contributed by atoms with Crippen LogP contribution in [0.5, 0.6) is 5.75 Å². The van der Waals surface area contributed by atoms with Crippen molar-refractivity contribution in [2.24, 2.45) is 5.10 Å². The minimum absolute atomic E-state index is 0.0204. The third kappa shape index (κ3) is 6.15. The maximum Gasteiger partial charge on any atom is 0.255 e. The number of sulfonamides is 1. The Balaban J connectivity index is 1.76. The van der Waals surface area contributed by atoms with E-state index in [4.69, 9.17) is 0 Å². The van der Waals surface area contributed by atoms with E-state index in [1.165, 1.54) is 16.6 Å². The van der Waals surface area contributed by atoms with Crippen molar-refractivity contribution in [3.05, 3.63) is 58.1 Å². The minimum atomic E-state index is -3.83. The number of hydrogen-bond donors (Lipinski definition) is 2. The van der Waals surface area contributed by atoms with Crippen molar-refractivity contribution in [1.82, 2.24) is 9.73 Å². The summed E-state index contributed by atoms with van der Waals surface area (Å²) >= 11 is 3.31. The number of rotatable bonds is 7. The molecule has 1 fully saturated rings. The molecule has 1 saturated carbocycles. The third-order valence-corrected chi connectivity index (χ3v) is 7.70. The van der Waals surface area contributed by atoms with Gasteiger partial charge in [-0.15, -0.1) is 0 Å². The highest BCUT2D eigenvalue weighted by molar-refractivity contribution is 9.10. The fourth-order valence-corrected chi connectivity index (χ4v) is 5.62. The summed E-state index contributed by atoms with van der Waals surface area (Å²) in [4.78, 5) is 12.7. The summed E-state index contributed by atoms with van der Waals surface area (Å²) in [6, 6.07) is 11.3. The van der Waals surface area contributed by atoms with Crippen LogP contribution >= 0.6 is 15.9 Å². The van der Waals surface area contributed by atoms with E-state index in [2.05, 4.69) is 26.5 Å². The van der Waals surface area contributed by atoms with Crippen LogP contribution in [0, 0.1) is 6.92 Å². The summed E-state index contributed by atoms with van der Waals surface area (Å²) in [7, 11) is -3.83. The Labute approximate surface area is 191 Å². The Morgan fingerprint density at radius 2 is 1.87 bits per heavy atom. The number of phenolic OH excluding ortho intramolecular Hbond substituents is 1. The number of halogens is 1. The minimum Gasteiger partial charge on any atom is -0.507 e. The Morgan fingerprint density at radius 3 is 2.55 bits per heavy atom. The molecule has 0 aromatic heterocycles. The molecule has 0 atom stereocenters. The largest absolute Gasteiger partial charge is 0.507 e. The van der Waals surface area contributed by atoms with Crippen LogP contribution in [0.15, 0.2) is 56.9 Å². The van der Waals surface area contributed by atoms with Gasteiger partial charge in [0, 0.05) is 16.1 Å². The van der Waals surface area contributed by atoms with Crippen LogP contribution in [0.3, 0.4) is 0 Å². The summed E-state index contributed by atoms with van der Waals surface area (Å²) in [6.45, 7) is 1.58. The van der Waals surface area contributed by atoms with E-state index in [9.17, 15) is 18.3 Å². The van der Waals surface area contributed by atoms with E-state index in [1.807, 2.05) is 6.92 Å². The highest BCUT2D eigenvalue weighted by Gasteiger charge is 2.33. The molecule has 0 unspecified atom stereocenters. The van der Waals surface area contributed by atoms with Gasteiger partial charge in [-0.1, -0.05) is 52.9 Å². The van der Waals surface area contributed by atoms with Crippen LogP contribution < -0.4 is 5.43 Å². The van der Waals surface area contributed by atoms with Crippen LogP contribution in [0.2, 0.25) is 0 Å². The number of amides is 1. The molecule has 2 aromatic rings. The van der Waals surface area contributed by atoms with Gasteiger partial charge in [0.1, 0.15) is 5.75 Å². The standard InChI is InChI=1S/C22H26BrN3O4S/c1-16-7-10-20(11-8-16)31(29,30)26(19-5-3-2-4-6-19)15-22(28)25-24-14-17-13-18(23)9-12-21(17)27/h7-14,19,27H,2-6,15H2,1H3,(H,25,28)/b24-14-. The van der Waals surface area contributed by atoms with Gasteiger partial charge in [-0.3, -0.25) is 4.79 Å². The average Bonchev–Trinajstić information content (AvgIpc) is 2.75. The number of nitrogens with one attached hydrogen (secondary N) is 1. The van der Waals surface area contributed by atoms with Gasteiger partial charge < -0.3 is 5.11 Å². The molecule has 1 amide bonds. The molecule has 0 aliphatic heterocycles. The zero-order valence-electron chi connectivity index (χ0n) is 17.3. The van der Waals surface area contributed by atoms with Crippen LogP contribution in [0.25, 0.3) is 0 Å². The van der Waals surface area contributed by atoms with Crippen molar-refractivity contribution in [3.63, 3.8) is 0 Å². The number of hydrogen-bond acceptors (Lipinski definition) is 5. The van der Waals surface area contributed by atoms with Gasteiger partial charge in [0.05, 0.1) is 17.7 Å². The fourth-order valence-electron chi connectivity index (χ4n) is 3.60. The monoisotopic (exact) mass is 507 g/mol. The molecule has 1 aliphatic carbocycles. The van der Waals surface area contributed by atoms with Crippen molar-refractivity contribution in [2.45, 2.75) is 50.0 Å². The molecular formula is C22H26BrN3O4S. The van der Waals surface area contributed by atoms with Crippen molar-refractivity contribution < 1.29 is 18.3 Å². The summed E-state index contributed by atoms with van der Waals surface area (Å²) in [5.41, 5.74) is 3.76. The first kappa shape index (κ1) is 23.4. The summed E-state index contributed by atoms with van der Waals surface area (Å²) in [5.74, 6) is -0.515. The van der Waals surface area contributed by atoms with Crippen molar-refractivity contribution in [2.75, 3.05) is 6.54 Å². The number of aryl methyl sites for hydroxylation is 1. The smallest absolute Gasteiger partial charge is 0.255 e. The van der Waals surface area contributed by atoms with Crippen LogP contribution in [-0.4, -0.2) is 42.5 Å². The van der Waals surface area contributed by atoms with E-state index in [0.717, 1.165) is 42.1 Å². The maximum atomic E-state index is 13.3. The molecule has 0 bridgehead atoms. The quantitative estimate of drug-likeness (QED) is 0.437. The SMILES string of the molecule is Cc1ccc(S(=O)(=O)N(CC(=O)N/N=C\c2cc(Br)ccc2O)C2CCCCC2)cc1. The second kappa shape index (κ2) is 10.4. The second-order valence-electron chi connectivity index (χ2n) is 7.65. The van der Waals surface area contributed by atoms with Crippen LogP contribution in [0.1, 0.15) is 43.2 Å². The Hall–Kier alpha value is -2.23. The molecule has 0 heterocycles. The Morgan fingerprint density at radius 1 is 1.19 bits per heavy atom. The van der Waals surface area contributed by atoms with Gasteiger partial charge in [-0.2, -0.15) is 9.41 Å². The molecule has 9 heteroatoms. The maximum absolute atomic E-state index is 13.3. The van der Waals surface area contributed by atoms with E-state index in [1.54, 1.807) is 36.4 Å². The molecule has 2 N–H and O–H groups in total. The van der Waals surface area contributed by atoms with Crippen molar-refractivity contribution in [3.8, 4) is 5.75 Å². The molecule has 31 heavy (non-hydrogen) atoms. The third-order valence-electron chi connectivity index (χ3n) is 5.29. The van der Waals surface area contributed by atoms with Crippen LogP contribution in [0.4, 0.5) is 0 Å². The van der Waals surface area contributed by atoms with Gasteiger partial charge in [-0.25, -0.2) is 13.8 Å². The number of nitrogens with zero attached hydrogens (tertiary/aromatic N) is 2. The highest BCUT2D eigenvalue weighted by Crippen LogP contribution is 2.28. The number of hydrazone groups is 1. The number of phenols is 1. The number of benzene rings is 2. The lowest BCUT2D eigenvalue weighted by molar-refractivity contribution is -0.121. The number of aromatic hydroxyl groups is 1. The topological polar surface area (TPSA) is 99.1 Å². The first-order valence-electron chi connectivity index (χ1n) is 10.2. The lowest BCUT2D eigenvalue weighted by Crippen LogP contribution is -2.46. The Bertz CT molecular complexity index is 1050. The van der Waals surface area contributed by atoms with Gasteiger partial charge in [-0.05, 0) is 50.1 Å². The second-order valence-corrected chi connectivity index (χ2v) is 10.5. The first-order valence-corrected chi connectivity index (χ1v) is 12.4. The predicted molar refractivity (Wildman–Crippen MR) is 123 cm³/mol. The molecule has 166 valence electrons. The zero-order chi connectivity index (χ0) is 22.4. The molecule has 1 aliphatic rings. The molecule has 0 spiro atoms. The van der Waals surface area contributed by atoms with E-state index >= 15 is 0 Å². The zero-order valence-corrected chi connectivity index (χ0v) is 19.7. The summed E-state index contributed by atoms with van der Waals surface area (Å²) in [5, 5.41) is 13.7. The van der Waals surface area contributed by atoms with Gasteiger partial charge in [0.15, 0.2) is 0 Å². The lowest BCUT2D eigenvalue weighted by atomic mass is 9.95. The van der Waals surface area contributed by atoms with Crippen molar-refractivity contribution >= 4 is 38.1 Å². The molecule has 0 saturated heterocycles. The first-order chi connectivity index (χ1) is 14.8. The molecular weight excluding hydrogens is 482 g/mol. The summed E-state index contributed by atoms with van der Waals surface area (Å²) < 4.78 is 28.7. The molecule has 3 rings (SSSR count). The van der Waals surface area contributed by atoms with Crippen molar-refractivity contribution in [1.29, 1.82) is 0 Å². The van der Waals surface area contributed by atoms with Gasteiger partial charge >= 0.3 is 0 Å². The molecule has 0 radical (unpaired) electrons. The van der Waals surface area contributed by atoms with E-state index in [-0.39, 0.29) is 23.2 Å². The van der Waals surface area contributed by atoms with Crippen LogP contribution in [-0.2, 0) is 14.8 Å². The summed E-state index contributed by atoms with van der Waals surface area (Å²) in [6.07, 6.45) is 5.72. The lowest BCUT2D eigenvalue weighted by Gasteiger charge is -2.32. The van der Waals surface area contributed by atoms with E-state index in [0.29, 0.717) is 5.56 Å². The average molecular weight is 508 g/mol. The van der Waals surface area contributed by atoms with Gasteiger partial charge in [0.2, 0.25) is 10.0 Å². The Kier molecular flexibility index (Phi) is 7.85. The number of carbonyl (C=O) groups excluding carboxylic acids is 1. The molecule has 7 nitrogen and oxygen atoms in total. The fraction of sp³-hybridized carbons (Fsp3) is 0.364. The van der Waals surface area contributed by atoms with E-state index < -0.39 is 15.9 Å². The van der Waals surface area contributed by atoms with Gasteiger partial charge in [0.25, 0.3) is 5.91 Å². The molecule has 2 aromatic carbocycles.